The van der Waals surface area contributed by atoms with Crippen LogP contribution in [0, 0.1) is 11.3 Å². The number of nitrogens with one attached hydrogen (secondary N) is 1. The van der Waals surface area contributed by atoms with Gasteiger partial charge < -0.3 is 10.1 Å². The zero-order valence-electron chi connectivity index (χ0n) is 13.0. The number of nitrogens with zero attached hydrogens (tertiary/aromatic N) is 1. The average Bonchev–Trinajstić information content (AvgIpc) is 2.61. The minimum Gasteiger partial charge on any atom is -0.467 e. The van der Waals surface area contributed by atoms with E-state index < -0.39 is 12.0 Å². The van der Waals surface area contributed by atoms with Crippen LogP contribution in [0.1, 0.15) is 21.5 Å². The van der Waals surface area contributed by atoms with Crippen LogP contribution in [0.15, 0.2) is 53.0 Å². The summed E-state index contributed by atoms with van der Waals surface area (Å²) < 4.78 is 5.55. The van der Waals surface area contributed by atoms with E-state index >= 15 is 0 Å². The van der Waals surface area contributed by atoms with E-state index in [1.54, 1.807) is 42.5 Å². The molecule has 1 amide bonds. The van der Waals surface area contributed by atoms with Crippen molar-refractivity contribution in [3.05, 3.63) is 69.7 Å². The Bertz CT molecular complexity index is 782. The summed E-state index contributed by atoms with van der Waals surface area (Å²) in [5, 5.41) is 11.5. The van der Waals surface area contributed by atoms with Crippen LogP contribution in [0.25, 0.3) is 0 Å². The minimum absolute atomic E-state index is 0.276. The van der Waals surface area contributed by atoms with E-state index in [4.69, 9.17) is 10.00 Å². The van der Waals surface area contributed by atoms with E-state index in [1.807, 2.05) is 12.1 Å². The first-order valence-corrected chi connectivity index (χ1v) is 7.96. The van der Waals surface area contributed by atoms with Gasteiger partial charge in [-0.15, -0.1) is 0 Å². The van der Waals surface area contributed by atoms with Gasteiger partial charge in [-0.3, -0.25) is 4.79 Å². The molecule has 2 aromatic carbocycles. The summed E-state index contributed by atoms with van der Waals surface area (Å²) in [6, 6.07) is 14.9. The number of rotatable bonds is 5. The quantitative estimate of drug-likeness (QED) is 0.801. The Morgan fingerprint density at radius 2 is 1.96 bits per heavy atom. The summed E-state index contributed by atoms with van der Waals surface area (Å²) in [6.45, 7) is 0. The van der Waals surface area contributed by atoms with E-state index in [0.717, 1.165) is 10.0 Å². The predicted molar refractivity (Wildman–Crippen MR) is 92.3 cm³/mol. The van der Waals surface area contributed by atoms with E-state index in [-0.39, 0.29) is 12.3 Å². The molecule has 24 heavy (non-hydrogen) atoms. The molecular formula is C18H15BrN2O3. The summed E-state index contributed by atoms with van der Waals surface area (Å²) in [5.74, 6) is -0.886. The molecule has 0 heterocycles. The van der Waals surface area contributed by atoms with Crippen LogP contribution < -0.4 is 5.32 Å². The van der Waals surface area contributed by atoms with Gasteiger partial charge in [0.25, 0.3) is 5.91 Å². The molecule has 0 aliphatic rings. The van der Waals surface area contributed by atoms with Crippen molar-refractivity contribution in [1.29, 1.82) is 5.26 Å². The third-order valence-corrected chi connectivity index (χ3v) is 3.89. The molecule has 0 aliphatic carbocycles. The second-order valence-electron chi connectivity index (χ2n) is 5.07. The molecule has 0 radical (unpaired) electrons. The highest BCUT2D eigenvalue weighted by atomic mass is 79.9. The lowest BCUT2D eigenvalue weighted by Crippen LogP contribution is -2.43. The molecule has 6 heteroatoms. The summed E-state index contributed by atoms with van der Waals surface area (Å²) in [7, 11) is 1.28. The van der Waals surface area contributed by atoms with Crippen LogP contribution in [-0.4, -0.2) is 25.0 Å². The maximum absolute atomic E-state index is 12.3. The number of hydrogen-bond acceptors (Lipinski definition) is 4. The molecule has 0 bridgehead atoms. The normalized spacial score (nSPS) is 11.2. The van der Waals surface area contributed by atoms with Gasteiger partial charge in [0.1, 0.15) is 6.04 Å². The number of amides is 1. The average molecular weight is 387 g/mol. The lowest BCUT2D eigenvalue weighted by atomic mass is 10.0. The summed E-state index contributed by atoms with van der Waals surface area (Å²) >= 11 is 3.31. The fourth-order valence-electron chi connectivity index (χ4n) is 2.16. The number of methoxy groups -OCH3 is 1. The first-order chi connectivity index (χ1) is 11.5. The highest BCUT2D eigenvalue weighted by Crippen LogP contribution is 2.13. The van der Waals surface area contributed by atoms with Crippen molar-refractivity contribution in [1.82, 2.24) is 5.32 Å². The second-order valence-corrected chi connectivity index (χ2v) is 5.99. The Morgan fingerprint density at radius 1 is 1.25 bits per heavy atom. The Labute approximate surface area is 148 Å². The molecule has 0 unspecified atom stereocenters. The third-order valence-electron chi connectivity index (χ3n) is 3.40. The van der Waals surface area contributed by atoms with E-state index in [1.165, 1.54) is 7.11 Å². The zero-order chi connectivity index (χ0) is 17.5. The molecular weight excluding hydrogens is 372 g/mol. The number of ether oxygens (including phenoxy) is 1. The first kappa shape index (κ1) is 17.7. The van der Waals surface area contributed by atoms with Crippen LogP contribution in [0.2, 0.25) is 0 Å². The zero-order valence-corrected chi connectivity index (χ0v) is 14.5. The summed E-state index contributed by atoms with van der Waals surface area (Å²) in [5.41, 5.74) is 1.79. The van der Waals surface area contributed by atoms with Crippen molar-refractivity contribution in [3.63, 3.8) is 0 Å². The highest BCUT2D eigenvalue weighted by molar-refractivity contribution is 9.10. The molecule has 2 aromatic rings. The maximum atomic E-state index is 12.3. The van der Waals surface area contributed by atoms with Gasteiger partial charge in [-0.05, 0) is 35.9 Å². The highest BCUT2D eigenvalue weighted by Gasteiger charge is 2.22. The van der Waals surface area contributed by atoms with Crippen LogP contribution >= 0.6 is 15.9 Å². The van der Waals surface area contributed by atoms with Gasteiger partial charge >= 0.3 is 5.97 Å². The second kappa shape index (κ2) is 8.27. The lowest BCUT2D eigenvalue weighted by Gasteiger charge is -2.17. The fourth-order valence-corrected chi connectivity index (χ4v) is 2.56. The Balaban J connectivity index is 2.14. The van der Waals surface area contributed by atoms with Gasteiger partial charge in [0.05, 0.1) is 18.7 Å². The number of halogens is 1. The predicted octanol–water partition coefficient (Wildman–Crippen LogP) is 2.83. The first-order valence-electron chi connectivity index (χ1n) is 7.17. The molecule has 1 atom stereocenters. The lowest BCUT2D eigenvalue weighted by molar-refractivity contribution is -0.142. The largest absolute Gasteiger partial charge is 0.467 e. The van der Waals surface area contributed by atoms with E-state index in [0.29, 0.717) is 11.1 Å². The molecule has 1 N–H and O–H groups in total. The van der Waals surface area contributed by atoms with Crippen molar-refractivity contribution in [2.24, 2.45) is 0 Å². The molecule has 0 spiro atoms. The number of benzene rings is 2. The standard InChI is InChI=1S/C18H15BrN2O3/c1-24-18(23)16(9-12-5-7-13(11-20)8-6-12)21-17(22)14-3-2-4-15(19)10-14/h2-8,10,16H,9H2,1H3,(H,21,22)/t16-/m1/s1. The molecule has 122 valence electrons. The van der Waals surface area contributed by atoms with Crippen molar-refractivity contribution >= 4 is 27.8 Å². The van der Waals surface area contributed by atoms with Crippen LogP contribution in [0.5, 0.6) is 0 Å². The van der Waals surface area contributed by atoms with Gasteiger partial charge in [-0.1, -0.05) is 34.1 Å². The minimum atomic E-state index is -0.811. The van der Waals surface area contributed by atoms with Gasteiger partial charge in [-0.2, -0.15) is 5.26 Å². The van der Waals surface area contributed by atoms with E-state index in [2.05, 4.69) is 21.2 Å². The Morgan fingerprint density at radius 3 is 2.54 bits per heavy atom. The van der Waals surface area contributed by atoms with Crippen molar-refractivity contribution in [2.75, 3.05) is 7.11 Å². The molecule has 0 saturated carbocycles. The SMILES string of the molecule is COC(=O)[C@@H](Cc1ccc(C#N)cc1)NC(=O)c1cccc(Br)c1. The van der Waals surface area contributed by atoms with E-state index in [9.17, 15) is 9.59 Å². The number of carbonyl (C=O) groups is 2. The smallest absolute Gasteiger partial charge is 0.328 e. The fraction of sp³-hybridized carbons (Fsp3) is 0.167. The maximum Gasteiger partial charge on any atom is 0.328 e. The van der Waals surface area contributed by atoms with Crippen LogP contribution in [0.4, 0.5) is 0 Å². The molecule has 2 rings (SSSR count). The van der Waals surface area contributed by atoms with Crippen LogP contribution in [0.3, 0.4) is 0 Å². The molecule has 5 nitrogen and oxygen atoms in total. The number of esters is 1. The van der Waals surface area contributed by atoms with Crippen molar-refractivity contribution in [2.45, 2.75) is 12.5 Å². The summed E-state index contributed by atoms with van der Waals surface area (Å²) in [6.07, 6.45) is 0.276. The van der Waals surface area contributed by atoms with Gasteiger partial charge in [0.15, 0.2) is 0 Å². The number of hydrogen-bond donors (Lipinski definition) is 1. The van der Waals surface area contributed by atoms with Crippen molar-refractivity contribution < 1.29 is 14.3 Å². The van der Waals surface area contributed by atoms with Gasteiger partial charge in [-0.25, -0.2) is 4.79 Å². The van der Waals surface area contributed by atoms with Crippen molar-refractivity contribution in [3.8, 4) is 6.07 Å². The number of nitriles is 1. The van der Waals surface area contributed by atoms with Gasteiger partial charge in [0, 0.05) is 16.5 Å². The Kier molecular flexibility index (Phi) is 6.10. The number of carbonyl (C=O) groups excluding carboxylic acids is 2. The summed E-state index contributed by atoms with van der Waals surface area (Å²) in [4.78, 5) is 24.3. The third kappa shape index (κ3) is 4.67. The molecule has 0 fully saturated rings. The molecule has 0 saturated heterocycles. The van der Waals surface area contributed by atoms with Gasteiger partial charge in [0.2, 0.25) is 0 Å². The molecule has 0 aliphatic heterocycles. The topological polar surface area (TPSA) is 79.2 Å². The monoisotopic (exact) mass is 386 g/mol. The Hall–Kier alpha value is -2.65. The molecule has 0 aromatic heterocycles. The van der Waals surface area contributed by atoms with Crippen LogP contribution in [-0.2, 0) is 16.0 Å².